The van der Waals surface area contributed by atoms with Gasteiger partial charge in [-0.25, -0.2) is 0 Å². The van der Waals surface area contributed by atoms with E-state index in [0.717, 1.165) is 37.4 Å². The van der Waals surface area contributed by atoms with Gasteiger partial charge in [0.15, 0.2) is 0 Å². The van der Waals surface area contributed by atoms with Gasteiger partial charge >= 0.3 is 8.56 Å². The fourth-order valence-corrected chi connectivity index (χ4v) is 8.18. The molecule has 2 fully saturated rings. The molecule has 0 radical (unpaired) electrons. The molecule has 0 bridgehead atoms. The monoisotopic (exact) mass is 370 g/mol. The summed E-state index contributed by atoms with van der Waals surface area (Å²) in [4.78, 5) is 5.28. The zero-order valence-corrected chi connectivity index (χ0v) is 18.3. The maximum Gasteiger partial charge on any atom is 0.367 e. The normalized spacial score (nSPS) is 22.6. The van der Waals surface area contributed by atoms with Crippen LogP contribution in [0.4, 0.5) is 0 Å². The molecule has 2 heterocycles. The van der Waals surface area contributed by atoms with Crippen molar-refractivity contribution >= 4 is 8.56 Å². The molecule has 2 rings (SSSR count). The molecule has 148 valence electrons. The van der Waals surface area contributed by atoms with Crippen LogP contribution < -0.4 is 0 Å². The molecule has 2 aliphatic rings. The molecule has 5 heteroatoms. The van der Waals surface area contributed by atoms with Crippen molar-refractivity contribution in [3.63, 3.8) is 0 Å². The Kier molecular flexibility index (Phi) is 9.42. The number of nitrogens with zero attached hydrogens (tertiary/aromatic N) is 2. The first-order chi connectivity index (χ1) is 12.1. The largest absolute Gasteiger partial charge is 0.393 e. The zero-order chi connectivity index (χ0) is 18.1. The van der Waals surface area contributed by atoms with E-state index >= 15 is 0 Å². The van der Waals surface area contributed by atoms with E-state index < -0.39 is 8.56 Å². The maximum atomic E-state index is 6.42. The Morgan fingerprint density at radius 2 is 1.04 bits per heavy atom. The van der Waals surface area contributed by atoms with Crippen LogP contribution in [0.5, 0.6) is 0 Å². The van der Waals surface area contributed by atoms with E-state index in [1.165, 1.54) is 64.7 Å². The summed E-state index contributed by atoms with van der Waals surface area (Å²) in [6, 6.07) is 0. The van der Waals surface area contributed by atoms with Crippen molar-refractivity contribution in [1.82, 2.24) is 9.80 Å². The predicted molar refractivity (Wildman–Crippen MR) is 108 cm³/mol. The first-order valence-corrected chi connectivity index (χ1v) is 13.1. The van der Waals surface area contributed by atoms with E-state index in [2.05, 4.69) is 37.5 Å². The van der Waals surface area contributed by atoms with Crippen molar-refractivity contribution in [2.45, 2.75) is 66.2 Å². The Morgan fingerprint density at radius 1 is 0.680 bits per heavy atom. The summed E-state index contributed by atoms with van der Waals surface area (Å²) in [5, 5.41) is 0. The van der Waals surface area contributed by atoms with Crippen LogP contribution in [0, 0.1) is 11.8 Å². The van der Waals surface area contributed by atoms with E-state index in [-0.39, 0.29) is 0 Å². The molecule has 0 aliphatic carbocycles. The van der Waals surface area contributed by atoms with Crippen LogP contribution >= 0.6 is 0 Å². The minimum absolute atomic E-state index is 0.781. The van der Waals surface area contributed by atoms with Crippen LogP contribution in [-0.4, -0.2) is 70.1 Å². The Morgan fingerprint density at radius 3 is 1.32 bits per heavy atom. The van der Waals surface area contributed by atoms with E-state index in [1.54, 1.807) is 0 Å². The van der Waals surface area contributed by atoms with E-state index in [4.69, 9.17) is 8.85 Å². The second kappa shape index (κ2) is 11.0. The highest BCUT2D eigenvalue weighted by atomic mass is 28.4. The molecular weight excluding hydrogens is 328 g/mol. The summed E-state index contributed by atoms with van der Waals surface area (Å²) in [6.07, 6.45) is 10.2. The Labute approximate surface area is 157 Å². The first kappa shape index (κ1) is 21.4. The third-order valence-corrected chi connectivity index (χ3v) is 9.80. The number of likely N-dealkylation sites (tertiary alicyclic amines) is 2. The van der Waals surface area contributed by atoms with E-state index in [1.807, 2.05) is 0 Å². The van der Waals surface area contributed by atoms with Crippen molar-refractivity contribution in [3.8, 4) is 0 Å². The standard InChI is InChI=1S/C20H42N2O2Si/c1-5-19-9-13-21(14-10-19)17-25(23-7-3,24-8-4)18-22-15-11-20(6-2)12-16-22/h19-20H,5-18H2,1-4H3. The van der Waals surface area contributed by atoms with Crippen LogP contribution in [0.15, 0.2) is 0 Å². The predicted octanol–water partition coefficient (Wildman–Crippen LogP) is 3.82. The van der Waals surface area contributed by atoms with Crippen LogP contribution in [0.2, 0.25) is 0 Å². The molecule has 0 aromatic carbocycles. The topological polar surface area (TPSA) is 24.9 Å². The Balaban J connectivity index is 1.95. The molecule has 0 spiro atoms. The lowest BCUT2D eigenvalue weighted by molar-refractivity contribution is 0.114. The smallest absolute Gasteiger partial charge is 0.367 e. The van der Waals surface area contributed by atoms with Gasteiger partial charge in [-0.1, -0.05) is 26.7 Å². The van der Waals surface area contributed by atoms with Gasteiger partial charge in [0.25, 0.3) is 0 Å². The number of hydrogen-bond acceptors (Lipinski definition) is 4. The van der Waals surface area contributed by atoms with Crippen molar-refractivity contribution in [2.75, 3.05) is 51.7 Å². The molecule has 4 nitrogen and oxygen atoms in total. The molecule has 0 aromatic rings. The lowest BCUT2D eigenvalue weighted by Crippen LogP contribution is -2.61. The molecular formula is C20H42N2O2Si. The average Bonchev–Trinajstić information content (AvgIpc) is 2.63. The number of rotatable bonds is 10. The van der Waals surface area contributed by atoms with Crippen LogP contribution in [0.25, 0.3) is 0 Å². The fraction of sp³-hybridized carbons (Fsp3) is 1.00. The van der Waals surface area contributed by atoms with E-state index in [0.29, 0.717) is 0 Å². The second-order valence-electron chi connectivity index (χ2n) is 8.03. The molecule has 0 unspecified atom stereocenters. The third-order valence-electron chi connectivity index (χ3n) is 6.31. The van der Waals surface area contributed by atoms with Gasteiger partial charge < -0.3 is 18.7 Å². The first-order valence-electron chi connectivity index (χ1n) is 10.9. The fourth-order valence-electron chi connectivity index (χ4n) is 4.59. The number of hydrogen-bond donors (Lipinski definition) is 0. The van der Waals surface area contributed by atoms with Crippen LogP contribution in [0.1, 0.15) is 66.2 Å². The van der Waals surface area contributed by atoms with Gasteiger partial charge in [-0.2, -0.15) is 0 Å². The van der Waals surface area contributed by atoms with Gasteiger partial charge in [0.05, 0.1) is 0 Å². The average molecular weight is 371 g/mol. The SMILES string of the molecule is CCO[Si](CN1CCC(CC)CC1)(CN1CCC(CC)CC1)OCC. The summed E-state index contributed by atoms with van der Waals surface area (Å²) in [7, 11) is -2.18. The van der Waals surface area contributed by atoms with Gasteiger partial charge in [0.2, 0.25) is 0 Å². The summed E-state index contributed by atoms with van der Waals surface area (Å²) < 4.78 is 12.8. The molecule has 0 amide bonds. The Bertz CT molecular complexity index is 320. The van der Waals surface area contributed by atoms with Crippen molar-refractivity contribution < 1.29 is 8.85 Å². The molecule has 0 atom stereocenters. The minimum atomic E-state index is -2.18. The molecule has 2 saturated heterocycles. The lowest BCUT2D eigenvalue weighted by Gasteiger charge is -2.42. The molecule has 0 aromatic heterocycles. The minimum Gasteiger partial charge on any atom is -0.393 e. The highest BCUT2D eigenvalue weighted by molar-refractivity contribution is 6.67. The van der Waals surface area contributed by atoms with Gasteiger partial charge in [-0.3, -0.25) is 0 Å². The Hall–Kier alpha value is 0.0569. The maximum absolute atomic E-state index is 6.42. The van der Waals surface area contributed by atoms with Crippen LogP contribution in [-0.2, 0) is 8.85 Å². The second-order valence-corrected chi connectivity index (χ2v) is 11.1. The van der Waals surface area contributed by atoms with Gasteiger partial charge in [-0.05, 0) is 77.5 Å². The molecule has 25 heavy (non-hydrogen) atoms. The lowest BCUT2D eigenvalue weighted by atomic mass is 9.95. The summed E-state index contributed by atoms with van der Waals surface area (Å²) >= 11 is 0. The van der Waals surface area contributed by atoms with Crippen molar-refractivity contribution in [1.29, 1.82) is 0 Å². The zero-order valence-electron chi connectivity index (χ0n) is 17.3. The van der Waals surface area contributed by atoms with Crippen molar-refractivity contribution in [2.24, 2.45) is 11.8 Å². The number of piperidine rings is 2. The highest BCUT2D eigenvalue weighted by Crippen LogP contribution is 2.25. The van der Waals surface area contributed by atoms with Gasteiger partial charge in [-0.15, -0.1) is 0 Å². The van der Waals surface area contributed by atoms with Crippen LogP contribution in [0.3, 0.4) is 0 Å². The molecule has 0 N–H and O–H groups in total. The molecule has 0 saturated carbocycles. The van der Waals surface area contributed by atoms with Crippen molar-refractivity contribution in [3.05, 3.63) is 0 Å². The summed E-state index contributed by atoms with van der Waals surface area (Å²) in [6.45, 7) is 15.4. The van der Waals surface area contributed by atoms with E-state index in [9.17, 15) is 0 Å². The highest BCUT2D eigenvalue weighted by Gasteiger charge is 2.42. The quantitative estimate of drug-likeness (QED) is 0.546. The summed E-state index contributed by atoms with van der Waals surface area (Å²) in [5.74, 6) is 1.86. The van der Waals surface area contributed by atoms with Gasteiger partial charge in [0, 0.05) is 25.5 Å². The third kappa shape index (κ3) is 6.62. The summed E-state index contributed by atoms with van der Waals surface area (Å²) in [5.41, 5.74) is 0. The molecule has 2 aliphatic heterocycles. The van der Waals surface area contributed by atoms with Gasteiger partial charge in [0.1, 0.15) is 0 Å².